The zero-order valence-corrected chi connectivity index (χ0v) is 11.7. The molecule has 4 atom stereocenters. The van der Waals surface area contributed by atoms with Crippen LogP contribution in [0, 0.1) is 17.8 Å². The lowest BCUT2D eigenvalue weighted by molar-refractivity contribution is 0.153. The molecule has 1 aromatic rings. The first kappa shape index (κ1) is 13.1. The molecule has 1 aromatic heterocycles. The highest BCUT2D eigenvalue weighted by Gasteiger charge is 2.48. The van der Waals surface area contributed by atoms with Gasteiger partial charge in [-0.1, -0.05) is 0 Å². The van der Waals surface area contributed by atoms with Crippen LogP contribution in [-0.4, -0.2) is 36.0 Å². The molecular weight excluding hydrogens is 266 g/mol. The molecule has 2 aliphatic carbocycles. The molecule has 7 heteroatoms. The Bertz CT molecular complexity index is 569. The van der Waals surface area contributed by atoms with Crippen molar-refractivity contribution in [1.29, 1.82) is 0 Å². The van der Waals surface area contributed by atoms with Crippen LogP contribution in [0.4, 0.5) is 0 Å². The summed E-state index contributed by atoms with van der Waals surface area (Å²) in [5.74, 6) is 0.899. The molecule has 19 heavy (non-hydrogen) atoms. The van der Waals surface area contributed by atoms with Gasteiger partial charge in [-0.3, -0.25) is 4.68 Å². The fourth-order valence-corrected chi connectivity index (χ4v) is 4.98. The molecule has 106 valence electrons. The number of aliphatic hydroxyl groups is 1. The van der Waals surface area contributed by atoms with Crippen LogP contribution in [-0.2, 0) is 17.1 Å². The van der Waals surface area contributed by atoms with E-state index in [0.717, 1.165) is 19.3 Å². The summed E-state index contributed by atoms with van der Waals surface area (Å²) >= 11 is 0. The van der Waals surface area contributed by atoms with Gasteiger partial charge in [-0.2, -0.15) is 5.10 Å². The number of aryl methyl sites for hydroxylation is 1. The van der Waals surface area contributed by atoms with Crippen LogP contribution in [0.2, 0.25) is 0 Å². The molecule has 0 aliphatic heterocycles. The van der Waals surface area contributed by atoms with Crippen molar-refractivity contribution in [3.8, 4) is 0 Å². The highest BCUT2D eigenvalue weighted by Crippen LogP contribution is 2.48. The van der Waals surface area contributed by atoms with Crippen molar-refractivity contribution in [3.63, 3.8) is 0 Å². The van der Waals surface area contributed by atoms with Crippen LogP contribution < -0.4 is 4.72 Å². The summed E-state index contributed by atoms with van der Waals surface area (Å²) in [6.07, 6.45) is 6.04. The Balaban J connectivity index is 1.81. The molecule has 2 bridgehead atoms. The third kappa shape index (κ3) is 2.19. The number of sulfonamides is 1. The zero-order chi connectivity index (χ0) is 13.6. The second-order valence-corrected chi connectivity index (χ2v) is 7.39. The van der Waals surface area contributed by atoms with Crippen molar-refractivity contribution in [2.75, 3.05) is 6.61 Å². The summed E-state index contributed by atoms with van der Waals surface area (Å²) in [6, 6.07) is -0.131. The topological polar surface area (TPSA) is 84.2 Å². The van der Waals surface area contributed by atoms with Crippen molar-refractivity contribution in [1.82, 2.24) is 14.5 Å². The molecule has 0 saturated heterocycles. The Kier molecular flexibility index (Phi) is 3.15. The predicted molar refractivity (Wildman–Crippen MR) is 68.7 cm³/mol. The summed E-state index contributed by atoms with van der Waals surface area (Å²) in [5.41, 5.74) is 0. The van der Waals surface area contributed by atoms with Crippen molar-refractivity contribution < 1.29 is 13.5 Å². The monoisotopic (exact) mass is 285 g/mol. The van der Waals surface area contributed by atoms with Gasteiger partial charge in [0, 0.05) is 31.8 Å². The van der Waals surface area contributed by atoms with Gasteiger partial charge in [0.25, 0.3) is 0 Å². The molecule has 0 amide bonds. The minimum atomic E-state index is -3.53. The Morgan fingerprint density at radius 3 is 2.84 bits per heavy atom. The molecule has 3 rings (SSSR count). The Labute approximate surface area is 112 Å². The number of aliphatic hydroxyl groups excluding tert-OH is 1. The maximum atomic E-state index is 12.3. The average molecular weight is 285 g/mol. The van der Waals surface area contributed by atoms with Gasteiger partial charge in [0.2, 0.25) is 10.0 Å². The molecule has 1 heterocycles. The van der Waals surface area contributed by atoms with Crippen molar-refractivity contribution in [2.24, 2.45) is 24.8 Å². The molecule has 0 radical (unpaired) electrons. The third-order valence-corrected chi connectivity index (χ3v) is 6.00. The average Bonchev–Trinajstić information content (AvgIpc) is 3.03. The summed E-state index contributed by atoms with van der Waals surface area (Å²) < 4.78 is 28.8. The van der Waals surface area contributed by atoms with E-state index in [1.807, 2.05) is 0 Å². The molecule has 2 N–H and O–H groups in total. The molecule has 6 nitrogen and oxygen atoms in total. The largest absolute Gasteiger partial charge is 0.396 e. The maximum absolute atomic E-state index is 12.3. The highest BCUT2D eigenvalue weighted by atomic mass is 32.2. The van der Waals surface area contributed by atoms with E-state index < -0.39 is 10.0 Å². The lowest BCUT2D eigenvalue weighted by Crippen LogP contribution is -2.45. The Morgan fingerprint density at radius 2 is 2.21 bits per heavy atom. The quantitative estimate of drug-likeness (QED) is 0.822. The molecule has 0 aromatic carbocycles. The molecule has 2 fully saturated rings. The second kappa shape index (κ2) is 4.57. The number of hydrogen-bond acceptors (Lipinski definition) is 4. The fourth-order valence-electron chi connectivity index (χ4n) is 3.64. The maximum Gasteiger partial charge on any atom is 0.243 e. The standard InChI is InChI=1S/C12H19N3O3S/c1-15-6-10(5-13-15)19(17,18)14-12-9-3-2-8(4-9)11(12)7-16/h5-6,8-9,11-12,14,16H,2-4,7H2,1H3. The number of aromatic nitrogens is 2. The third-order valence-electron chi connectivity index (χ3n) is 4.58. The van der Waals surface area contributed by atoms with Crippen molar-refractivity contribution in [3.05, 3.63) is 12.4 Å². The molecule has 2 aliphatic rings. The zero-order valence-electron chi connectivity index (χ0n) is 10.9. The first-order valence-corrected chi connectivity index (χ1v) is 8.11. The van der Waals surface area contributed by atoms with Gasteiger partial charge >= 0.3 is 0 Å². The van der Waals surface area contributed by atoms with Crippen LogP contribution in [0.25, 0.3) is 0 Å². The van der Waals surface area contributed by atoms with E-state index >= 15 is 0 Å². The SMILES string of the molecule is Cn1cc(S(=O)(=O)NC2C3CCC(C3)C2CO)cn1. The number of hydrogen-bond donors (Lipinski definition) is 2. The predicted octanol–water partition coefficient (Wildman–Crippen LogP) is 0.105. The van der Waals surface area contributed by atoms with Crippen molar-refractivity contribution in [2.45, 2.75) is 30.2 Å². The van der Waals surface area contributed by atoms with Gasteiger partial charge in [0.05, 0.1) is 6.20 Å². The van der Waals surface area contributed by atoms with Crippen molar-refractivity contribution >= 4 is 10.0 Å². The van der Waals surface area contributed by atoms with Crippen LogP contribution >= 0.6 is 0 Å². The van der Waals surface area contributed by atoms with Gasteiger partial charge in [0.1, 0.15) is 4.90 Å². The van der Waals surface area contributed by atoms with Crippen LogP contribution in [0.3, 0.4) is 0 Å². The van der Waals surface area contributed by atoms with E-state index in [4.69, 9.17) is 0 Å². The van der Waals surface area contributed by atoms with Crippen LogP contribution in [0.15, 0.2) is 17.3 Å². The first-order chi connectivity index (χ1) is 9.01. The lowest BCUT2D eigenvalue weighted by atomic mass is 9.86. The molecular formula is C12H19N3O3S. The van der Waals surface area contributed by atoms with Gasteiger partial charge in [-0.15, -0.1) is 0 Å². The number of rotatable bonds is 4. The van der Waals surface area contributed by atoms with E-state index in [-0.39, 0.29) is 23.5 Å². The van der Waals surface area contributed by atoms with Gasteiger partial charge in [0.15, 0.2) is 0 Å². The Hall–Kier alpha value is -0.920. The fraction of sp³-hybridized carbons (Fsp3) is 0.750. The van der Waals surface area contributed by atoms with E-state index in [9.17, 15) is 13.5 Å². The van der Waals surface area contributed by atoms with Crippen LogP contribution in [0.5, 0.6) is 0 Å². The van der Waals surface area contributed by atoms with E-state index in [1.165, 1.54) is 17.1 Å². The van der Waals surface area contributed by atoms with Gasteiger partial charge < -0.3 is 5.11 Å². The second-order valence-electron chi connectivity index (χ2n) is 5.68. The van der Waals surface area contributed by atoms with Gasteiger partial charge in [-0.25, -0.2) is 13.1 Å². The summed E-state index contributed by atoms with van der Waals surface area (Å²) in [5, 5.41) is 13.4. The smallest absolute Gasteiger partial charge is 0.243 e. The van der Waals surface area contributed by atoms with Gasteiger partial charge in [-0.05, 0) is 31.1 Å². The minimum absolute atomic E-state index is 0.0569. The summed E-state index contributed by atoms with van der Waals surface area (Å²) in [7, 11) is -1.85. The highest BCUT2D eigenvalue weighted by molar-refractivity contribution is 7.89. The number of nitrogens with zero attached hydrogens (tertiary/aromatic N) is 2. The van der Waals surface area contributed by atoms with E-state index in [0.29, 0.717) is 11.8 Å². The van der Waals surface area contributed by atoms with Crippen LogP contribution in [0.1, 0.15) is 19.3 Å². The normalized spacial score (nSPS) is 34.0. The van der Waals surface area contributed by atoms with E-state index in [2.05, 4.69) is 9.82 Å². The van der Waals surface area contributed by atoms with E-state index in [1.54, 1.807) is 7.05 Å². The Morgan fingerprint density at radius 1 is 1.47 bits per heavy atom. The summed E-state index contributed by atoms with van der Waals surface area (Å²) in [4.78, 5) is 0.189. The first-order valence-electron chi connectivity index (χ1n) is 6.63. The summed E-state index contributed by atoms with van der Waals surface area (Å²) in [6.45, 7) is 0.0569. The lowest BCUT2D eigenvalue weighted by Gasteiger charge is -2.29. The number of nitrogens with one attached hydrogen (secondary N) is 1. The minimum Gasteiger partial charge on any atom is -0.396 e. The number of fused-ring (bicyclic) bond motifs is 2. The molecule has 2 saturated carbocycles. The molecule has 4 unspecified atom stereocenters. The molecule has 0 spiro atoms.